The lowest BCUT2D eigenvalue weighted by Gasteiger charge is -2.29. The lowest BCUT2D eigenvalue weighted by Crippen LogP contribution is -2.35. The molecule has 144 valence electrons. The second kappa shape index (κ2) is 7.96. The first-order valence-corrected chi connectivity index (χ1v) is 8.43. The molecule has 27 heavy (non-hydrogen) atoms. The maximum Gasteiger partial charge on any atom is 0.261 e. The second-order valence-electron chi connectivity index (χ2n) is 6.49. The van der Waals surface area contributed by atoms with E-state index in [0.717, 1.165) is 32.0 Å². The Bertz CT molecular complexity index is 829. The molecule has 0 bridgehead atoms. The highest BCUT2D eigenvalue weighted by Gasteiger charge is 2.21. The summed E-state index contributed by atoms with van der Waals surface area (Å²) in [6.07, 6.45) is 1.47. The van der Waals surface area contributed by atoms with Crippen LogP contribution in [-0.4, -0.2) is 37.0 Å². The van der Waals surface area contributed by atoms with Gasteiger partial charge in [-0.25, -0.2) is 17.6 Å². The molecule has 2 aromatic rings. The Labute approximate surface area is 153 Å². The smallest absolute Gasteiger partial charge is 0.261 e. The van der Waals surface area contributed by atoms with Gasteiger partial charge in [-0.05, 0) is 26.0 Å². The molecule has 0 aromatic heterocycles. The molecule has 0 unspecified atom stereocenters. The minimum Gasteiger partial charge on any atom is -0.490 e. The molecule has 1 amide bonds. The van der Waals surface area contributed by atoms with Gasteiger partial charge in [-0.1, -0.05) is 0 Å². The van der Waals surface area contributed by atoms with Crippen molar-refractivity contribution in [1.82, 2.24) is 4.90 Å². The predicted molar refractivity (Wildman–Crippen MR) is 91.8 cm³/mol. The van der Waals surface area contributed by atoms with Crippen molar-refractivity contribution in [2.24, 2.45) is 0 Å². The molecule has 0 atom stereocenters. The van der Waals surface area contributed by atoms with Gasteiger partial charge in [0.15, 0.2) is 0 Å². The van der Waals surface area contributed by atoms with Crippen molar-refractivity contribution in [1.29, 1.82) is 0 Å². The summed E-state index contributed by atoms with van der Waals surface area (Å²) < 4.78 is 60.0. The minimum absolute atomic E-state index is 0.0222. The molecular formula is C19H18F4N2O2. The van der Waals surface area contributed by atoms with E-state index in [2.05, 4.69) is 10.2 Å². The number of hydrogen-bond acceptors (Lipinski definition) is 3. The quantitative estimate of drug-likeness (QED) is 0.814. The highest BCUT2D eigenvalue weighted by Crippen LogP contribution is 2.25. The van der Waals surface area contributed by atoms with Crippen LogP contribution in [0.15, 0.2) is 30.3 Å². The maximum absolute atomic E-state index is 13.9. The normalized spacial score (nSPS) is 15.6. The Kier molecular flexibility index (Phi) is 5.65. The van der Waals surface area contributed by atoms with Gasteiger partial charge in [-0.15, -0.1) is 0 Å². The third kappa shape index (κ3) is 4.77. The summed E-state index contributed by atoms with van der Waals surface area (Å²) in [4.78, 5) is 14.3. The minimum atomic E-state index is -1.34. The number of carbonyl (C=O) groups excluding carboxylic acids is 1. The Morgan fingerprint density at radius 2 is 1.59 bits per heavy atom. The number of benzene rings is 2. The summed E-state index contributed by atoms with van der Waals surface area (Å²) in [6, 6.07) is 4.35. The van der Waals surface area contributed by atoms with Crippen molar-refractivity contribution in [2.75, 3.05) is 25.5 Å². The molecule has 1 aliphatic rings. The Hall–Kier alpha value is -2.61. The molecule has 8 heteroatoms. The van der Waals surface area contributed by atoms with E-state index in [4.69, 9.17) is 4.74 Å². The summed E-state index contributed by atoms with van der Waals surface area (Å²) in [7, 11) is 2.00. The van der Waals surface area contributed by atoms with Gasteiger partial charge in [-0.2, -0.15) is 0 Å². The average molecular weight is 382 g/mol. The number of carbonyl (C=O) groups is 1. The molecule has 1 aliphatic heterocycles. The number of anilines is 1. The first-order chi connectivity index (χ1) is 12.8. The molecule has 4 nitrogen and oxygen atoms in total. The second-order valence-corrected chi connectivity index (χ2v) is 6.49. The van der Waals surface area contributed by atoms with Crippen molar-refractivity contribution in [3.8, 4) is 5.75 Å². The van der Waals surface area contributed by atoms with Gasteiger partial charge in [0.05, 0.1) is 0 Å². The van der Waals surface area contributed by atoms with Gasteiger partial charge in [0.1, 0.15) is 40.7 Å². The Morgan fingerprint density at radius 1 is 1.00 bits per heavy atom. The number of piperidine rings is 1. The highest BCUT2D eigenvalue weighted by atomic mass is 19.1. The van der Waals surface area contributed by atoms with Crippen LogP contribution < -0.4 is 10.1 Å². The van der Waals surface area contributed by atoms with Crippen LogP contribution in [0.3, 0.4) is 0 Å². The van der Waals surface area contributed by atoms with Gasteiger partial charge in [0.2, 0.25) is 0 Å². The third-order valence-corrected chi connectivity index (χ3v) is 4.33. The van der Waals surface area contributed by atoms with Gasteiger partial charge in [-0.3, -0.25) is 4.79 Å². The van der Waals surface area contributed by atoms with E-state index in [1.54, 1.807) is 0 Å². The molecule has 2 aromatic carbocycles. The summed E-state index contributed by atoms with van der Waals surface area (Å²) >= 11 is 0. The van der Waals surface area contributed by atoms with Gasteiger partial charge < -0.3 is 15.0 Å². The molecule has 1 fully saturated rings. The number of likely N-dealkylation sites (tertiary alicyclic amines) is 1. The maximum atomic E-state index is 13.9. The number of rotatable bonds is 4. The zero-order valence-electron chi connectivity index (χ0n) is 14.6. The van der Waals surface area contributed by atoms with Gasteiger partial charge in [0, 0.05) is 43.0 Å². The molecule has 0 aliphatic carbocycles. The van der Waals surface area contributed by atoms with E-state index in [-0.39, 0.29) is 17.5 Å². The molecule has 0 spiro atoms. The van der Waals surface area contributed by atoms with Crippen LogP contribution in [0.1, 0.15) is 23.2 Å². The number of nitrogens with zero attached hydrogens (tertiary/aromatic N) is 1. The molecule has 1 saturated heterocycles. The lowest BCUT2D eigenvalue weighted by atomic mass is 10.1. The summed E-state index contributed by atoms with van der Waals surface area (Å²) in [6.45, 7) is 1.71. The predicted octanol–water partition coefficient (Wildman–Crippen LogP) is 3.97. The number of hydrogen-bond donors (Lipinski definition) is 1. The van der Waals surface area contributed by atoms with Crippen LogP contribution in [0, 0.1) is 23.3 Å². The van der Waals surface area contributed by atoms with E-state index in [1.807, 2.05) is 7.05 Å². The van der Waals surface area contributed by atoms with Gasteiger partial charge >= 0.3 is 0 Å². The van der Waals surface area contributed by atoms with E-state index >= 15 is 0 Å². The lowest BCUT2D eigenvalue weighted by molar-refractivity contribution is 0.101. The first kappa shape index (κ1) is 19.2. The number of amides is 1. The number of nitrogens with one attached hydrogen (secondary N) is 1. The zero-order valence-corrected chi connectivity index (χ0v) is 14.6. The Morgan fingerprint density at radius 3 is 2.22 bits per heavy atom. The third-order valence-electron chi connectivity index (χ3n) is 4.33. The van der Waals surface area contributed by atoms with Crippen LogP contribution in [0.5, 0.6) is 5.75 Å². The monoisotopic (exact) mass is 382 g/mol. The van der Waals surface area contributed by atoms with Gasteiger partial charge in [0.25, 0.3) is 5.91 Å². The summed E-state index contributed by atoms with van der Waals surface area (Å²) in [5.74, 6) is -5.44. The Balaban J connectivity index is 1.75. The van der Waals surface area contributed by atoms with E-state index in [9.17, 15) is 22.4 Å². The standard InChI is InChI=1S/C19H18F4N2O2/c1-25-4-2-14(3-5-25)27-15-7-11(20)6-13(10-15)24-19(26)18-16(22)8-12(21)9-17(18)23/h6-10,14H,2-5H2,1H3,(H,24,26). The van der Waals surface area contributed by atoms with Crippen LogP contribution in [-0.2, 0) is 0 Å². The molecule has 1 heterocycles. The van der Waals surface area contributed by atoms with Crippen molar-refractivity contribution in [2.45, 2.75) is 18.9 Å². The van der Waals surface area contributed by atoms with Crippen LogP contribution >= 0.6 is 0 Å². The molecule has 3 rings (SSSR count). The molecule has 1 N–H and O–H groups in total. The zero-order chi connectivity index (χ0) is 19.6. The van der Waals surface area contributed by atoms with Crippen LogP contribution in [0.4, 0.5) is 23.2 Å². The van der Waals surface area contributed by atoms with Crippen LogP contribution in [0.2, 0.25) is 0 Å². The van der Waals surface area contributed by atoms with Crippen molar-refractivity contribution in [3.63, 3.8) is 0 Å². The van der Waals surface area contributed by atoms with Crippen LogP contribution in [0.25, 0.3) is 0 Å². The molecular weight excluding hydrogens is 364 g/mol. The molecule has 0 radical (unpaired) electrons. The number of halogens is 4. The fourth-order valence-electron chi connectivity index (χ4n) is 2.95. The highest BCUT2D eigenvalue weighted by molar-refractivity contribution is 6.04. The SMILES string of the molecule is CN1CCC(Oc2cc(F)cc(NC(=O)c3c(F)cc(F)cc3F)c2)CC1. The fourth-order valence-corrected chi connectivity index (χ4v) is 2.95. The summed E-state index contributed by atoms with van der Waals surface area (Å²) in [5.41, 5.74) is -0.968. The number of ether oxygens (including phenoxy) is 1. The fraction of sp³-hybridized carbons (Fsp3) is 0.316. The van der Waals surface area contributed by atoms with Crippen molar-refractivity contribution in [3.05, 3.63) is 59.2 Å². The van der Waals surface area contributed by atoms with Crippen molar-refractivity contribution >= 4 is 11.6 Å². The molecule has 0 saturated carbocycles. The first-order valence-electron chi connectivity index (χ1n) is 8.43. The van der Waals surface area contributed by atoms with E-state index < -0.39 is 34.7 Å². The topological polar surface area (TPSA) is 41.6 Å². The largest absolute Gasteiger partial charge is 0.490 e. The summed E-state index contributed by atoms with van der Waals surface area (Å²) in [5, 5.41) is 2.22. The van der Waals surface area contributed by atoms with E-state index in [1.165, 1.54) is 12.1 Å². The average Bonchev–Trinajstić information content (AvgIpc) is 2.55. The van der Waals surface area contributed by atoms with E-state index in [0.29, 0.717) is 12.1 Å². The van der Waals surface area contributed by atoms with Crippen molar-refractivity contribution < 1.29 is 27.1 Å².